The highest BCUT2D eigenvalue weighted by molar-refractivity contribution is 5.89. The Hall–Kier alpha value is -3.79. The number of benzene rings is 4. The lowest BCUT2D eigenvalue weighted by Gasteiger charge is -2.10. The third kappa shape index (κ3) is 4.88. The van der Waals surface area contributed by atoms with Crippen LogP contribution >= 0.6 is 0 Å². The van der Waals surface area contributed by atoms with E-state index in [0.29, 0.717) is 12.1 Å². The van der Waals surface area contributed by atoms with E-state index in [9.17, 15) is 30.7 Å². The molecule has 35 heavy (non-hydrogen) atoms. The number of fused-ring (bicyclic) bond motifs is 1. The fourth-order valence-electron chi connectivity index (χ4n) is 3.79. The molecule has 4 aromatic rings. The second-order valence-corrected chi connectivity index (χ2v) is 8.03. The van der Waals surface area contributed by atoms with Crippen molar-refractivity contribution in [3.8, 4) is 23.0 Å². The van der Waals surface area contributed by atoms with Crippen LogP contribution in [0.5, 0.6) is 0 Å². The summed E-state index contributed by atoms with van der Waals surface area (Å²) in [5.41, 5.74) is -0.223. The highest BCUT2D eigenvalue weighted by atomic mass is 19.2. The molecule has 178 valence electrons. The van der Waals surface area contributed by atoms with Crippen LogP contribution in [0.25, 0.3) is 21.9 Å². The van der Waals surface area contributed by atoms with Gasteiger partial charge in [-0.05, 0) is 71.8 Å². The van der Waals surface area contributed by atoms with Gasteiger partial charge in [-0.15, -0.1) is 0 Å². The van der Waals surface area contributed by atoms with Gasteiger partial charge in [0.25, 0.3) is 0 Å². The first-order valence-corrected chi connectivity index (χ1v) is 10.8. The third-order valence-electron chi connectivity index (χ3n) is 5.55. The summed E-state index contributed by atoms with van der Waals surface area (Å²) in [6.45, 7) is 2.02. The van der Waals surface area contributed by atoms with Crippen molar-refractivity contribution in [2.75, 3.05) is 0 Å². The molecule has 0 unspecified atom stereocenters. The van der Waals surface area contributed by atoms with Crippen molar-refractivity contribution >= 4 is 10.8 Å². The molecule has 0 heterocycles. The van der Waals surface area contributed by atoms with Gasteiger partial charge in [0.05, 0.1) is 16.5 Å². The van der Waals surface area contributed by atoms with Crippen LogP contribution in [0.2, 0.25) is 0 Å². The van der Waals surface area contributed by atoms with Crippen molar-refractivity contribution in [2.24, 2.45) is 0 Å². The topological polar surface area (TPSA) is 0 Å². The molecule has 0 saturated carbocycles. The average molecular weight is 486 g/mol. The predicted molar refractivity (Wildman–Crippen MR) is 120 cm³/mol. The Morgan fingerprint density at radius 1 is 0.657 bits per heavy atom. The number of aryl methyl sites for hydroxylation is 1. The Labute approximate surface area is 197 Å². The van der Waals surface area contributed by atoms with E-state index in [1.807, 2.05) is 6.92 Å². The molecule has 0 aliphatic carbocycles. The number of hydrogen-bond acceptors (Lipinski definition) is 0. The molecule has 0 aromatic heterocycles. The van der Waals surface area contributed by atoms with E-state index >= 15 is 0 Å². The smallest absolute Gasteiger partial charge is 0.195 e. The van der Waals surface area contributed by atoms with Crippen LogP contribution in [0, 0.1) is 52.6 Å². The van der Waals surface area contributed by atoms with Crippen molar-refractivity contribution in [2.45, 2.75) is 26.2 Å². The van der Waals surface area contributed by atoms with Crippen molar-refractivity contribution < 1.29 is 30.7 Å². The van der Waals surface area contributed by atoms with E-state index in [-0.39, 0.29) is 16.7 Å². The summed E-state index contributed by atoms with van der Waals surface area (Å²) >= 11 is 0. The summed E-state index contributed by atoms with van der Waals surface area (Å²) in [7, 11) is 0. The first kappa shape index (κ1) is 24.3. The maximum absolute atomic E-state index is 14.8. The summed E-state index contributed by atoms with van der Waals surface area (Å²) in [6, 6.07) is 8.48. The van der Waals surface area contributed by atoms with Crippen LogP contribution in [-0.4, -0.2) is 0 Å². The zero-order valence-corrected chi connectivity index (χ0v) is 18.4. The van der Waals surface area contributed by atoms with Crippen LogP contribution in [0.15, 0.2) is 48.5 Å². The van der Waals surface area contributed by atoms with Crippen LogP contribution in [0.1, 0.15) is 36.5 Å². The van der Waals surface area contributed by atoms with Gasteiger partial charge in [-0.1, -0.05) is 31.3 Å². The van der Waals surface area contributed by atoms with E-state index in [1.54, 1.807) is 6.07 Å². The number of hydrogen-bond donors (Lipinski definition) is 0. The number of halogens is 7. The maximum atomic E-state index is 14.8. The number of rotatable bonds is 4. The highest BCUT2D eigenvalue weighted by Gasteiger charge is 2.20. The summed E-state index contributed by atoms with van der Waals surface area (Å²) < 4.78 is 99.4. The molecule has 0 N–H and O–H groups in total. The van der Waals surface area contributed by atoms with Gasteiger partial charge in [-0.2, -0.15) is 0 Å². The zero-order valence-electron chi connectivity index (χ0n) is 18.4. The SMILES string of the molecule is CCCCc1ccc(C#Cc2cc(F)c(-c3cc(F)c4c(F)c(F)c(F)cc4c3)c(F)c2)c(F)c1. The van der Waals surface area contributed by atoms with E-state index in [0.717, 1.165) is 43.0 Å². The van der Waals surface area contributed by atoms with Gasteiger partial charge in [-0.25, -0.2) is 30.7 Å². The summed E-state index contributed by atoms with van der Waals surface area (Å²) in [5.74, 6) is -4.21. The second kappa shape index (κ2) is 9.83. The molecule has 0 aliphatic rings. The molecular weight excluding hydrogens is 469 g/mol. The summed E-state index contributed by atoms with van der Waals surface area (Å²) in [6.07, 6.45) is 2.61. The molecule has 0 atom stereocenters. The minimum absolute atomic E-state index is 0.0584. The van der Waals surface area contributed by atoms with Crippen molar-refractivity contribution in [1.82, 2.24) is 0 Å². The lowest BCUT2D eigenvalue weighted by molar-refractivity contribution is 0.451. The average Bonchev–Trinajstić information content (AvgIpc) is 2.80. The molecule has 4 aromatic carbocycles. The largest absolute Gasteiger partial charge is 0.206 e. The van der Waals surface area contributed by atoms with E-state index in [4.69, 9.17) is 0 Å². The van der Waals surface area contributed by atoms with Gasteiger partial charge in [0, 0.05) is 5.56 Å². The van der Waals surface area contributed by atoms with Gasteiger partial charge in [0.1, 0.15) is 23.3 Å². The normalized spacial score (nSPS) is 11.0. The van der Waals surface area contributed by atoms with Crippen molar-refractivity contribution in [3.63, 3.8) is 0 Å². The second-order valence-electron chi connectivity index (χ2n) is 8.03. The Bertz CT molecular complexity index is 1490. The molecule has 0 aliphatic heterocycles. The van der Waals surface area contributed by atoms with Crippen LogP contribution < -0.4 is 0 Å². The molecule has 7 heteroatoms. The number of unbranched alkanes of at least 4 members (excludes halogenated alkanes) is 1. The fourth-order valence-corrected chi connectivity index (χ4v) is 3.79. The Morgan fingerprint density at radius 2 is 1.37 bits per heavy atom. The Morgan fingerprint density at radius 3 is 2.03 bits per heavy atom. The van der Waals surface area contributed by atoms with Gasteiger partial charge < -0.3 is 0 Å². The van der Waals surface area contributed by atoms with Gasteiger partial charge in [0.15, 0.2) is 17.5 Å². The molecule has 0 radical (unpaired) electrons. The van der Waals surface area contributed by atoms with E-state index in [2.05, 4.69) is 11.8 Å². The van der Waals surface area contributed by atoms with Gasteiger partial charge >= 0.3 is 0 Å². The molecular formula is C28H17F7. The van der Waals surface area contributed by atoms with E-state index in [1.165, 1.54) is 12.1 Å². The monoisotopic (exact) mass is 486 g/mol. The Balaban J connectivity index is 1.71. The van der Waals surface area contributed by atoms with Crippen LogP contribution in [0.3, 0.4) is 0 Å². The minimum atomic E-state index is -1.85. The first-order chi connectivity index (χ1) is 16.7. The maximum Gasteiger partial charge on any atom is 0.195 e. The third-order valence-corrected chi connectivity index (χ3v) is 5.55. The standard InChI is InChI=1S/C28H17F7/c1-2-3-4-15-5-7-17(20(29)9-15)8-6-16-10-21(30)25(22(31)11-16)18-12-19-14-24(33)27(34)28(35)26(19)23(32)13-18/h5,7,9-14H,2-4H2,1H3. The van der Waals surface area contributed by atoms with Crippen LogP contribution in [-0.2, 0) is 6.42 Å². The highest BCUT2D eigenvalue weighted by Crippen LogP contribution is 2.33. The molecule has 0 nitrogen and oxygen atoms in total. The predicted octanol–water partition coefficient (Wildman–Crippen LogP) is 8.22. The van der Waals surface area contributed by atoms with Crippen molar-refractivity contribution in [1.29, 1.82) is 0 Å². The lowest BCUT2D eigenvalue weighted by atomic mass is 9.98. The molecule has 4 rings (SSSR count). The lowest BCUT2D eigenvalue weighted by Crippen LogP contribution is -1.98. The molecule has 0 saturated heterocycles. The Kier molecular flexibility index (Phi) is 6.83. The summed E-state index contributed by atoms with van der Waals surface area (Å²) in [4.78, 5) is 0. The van der Waals surface area contributed by atoms with Crippen LogP contribution in [0.4, 0.5) is 30.7 Å². The first-order valence-electron chi connectivity index (χ1n) is 10.8. The zero-order chi connectivity index (χ0) is 25.3. The molecule has 0 bridgehead atoms. The minimum Gasteiger partial charge on any atom is -0.206 e. The molecule has 0 fully saturated rings. The fraction of sp³-hybridized carbons (Fsp3) is 0.143. The molecule has 0 amide bonds. The van der Waals surface area contributed by atoms with Gasteiger partial charge in [0.2, 0.25) is 0 Å². The van der Waals surface area contributed by atoms with Crippen molar-refractivity contribution in [3.05, 3.63) is 106 Å². The van der Waals surface area contributed by atoms with Gasteiger partial charge in [-0.3, -0.25) is 0 Å². The molecule has 0 spiro atoms. The quantitative estimate of drug-likeness (QED) is 0.155. The summed E-state index contributed by atoms with van der Waals surface area (Å²) in [5, 5.41) is -1.24. The van der Waals surface area contributed by atoms with E-state index < -0.39 is 57.1 Å².